The van der Waals surface area contributed by atoms with E-state index in [0.717, 1.165) is 44.2 Å². The maximum Gasteiger partial charge on any atom is 0.282 e. The van der Waals surface area contributed by atoms with Crippen LogP contribution in [0.1, 0.15) is 63.4 Å². The van der Waals surface area contributed by atoms with Gasteiger partial charge in [-0.05, 0) is 35.2 Å². The first kappa shape index (κ1) is 22.4. The van der Waals surface area contributed by atoms with E-state index < -0.39 is 29.3 Å². The lowest BCUT2D eigenvalue weighted by Gasteiger charge is -2.26. The molecule has 0 spiro atoms. The Kier molecular flexibility index (Phi) is 8.04. The summed E-state index contributed by atoms with van der Waals surface area (Å²) in [7, 11) is 0. The van der Waals surface area contributed by atoms with Gasteiger partial charge in [-0.3, -0.25) is 0 Å². The number of benzene rings is 2. The summed E-state index contributed by atoms with van der Waals surface area (Å²) in [5.74, 6) is -7.85. The lowest BCUT2D eigenvalue weighted by molar-refractivity contribution is -0.326. The van der Waals surface area contributed by atoms with Crippen molar-refractivity contribution >= 4 is 0 Å². The summed E-state index contributed by atoms with van der Waals surface area (Å²) >= 11 is 0. The number of unbranched alkanes of at least 4 members (excludes halogenated alkanes) is 5. The molecule has 3 nitrogen and oxygen atoms in total. The van der Waals surface area contributed by atoms with E-state index in [-0.39, 0.29) is 5.56 Å². The highest BCUT2D eigenvalue weighted by Gasteiger charge is 2.33. The van der Waals surface area contributed by atoms with E-state index in [1.165, 1.54) is 6.42 Å². The summed E-state index contributed by atoms with van der Waals surface area (Å²) in [4.78, 5) is 0. The van der Waals surface area contributed by atoms with Crippen LogP contribution in [0, 0.1) is 17.5 Å². The second-order valence-electron chi connectivity index (χ2n) is 7.17. The summed E-state index contributed by atoms with van der Waals surface area (Å²) in [6.45, 7) is 2.13. The van der Waals surface area contributed by atoms with Gasteiger partial charge < -0.3 is 15.3 Å². The normalized spacial score (nSPS) is 13.0. The summed E-state index contributed by atoms with van der Waals surface area (Å²) in [6, 6.07) is 8.01. The molecule has 1 atom stereocenters. The van der Waals surface area contributed by atoms with E-state index >= 15 is 0 Å². The Hall–Kier alpha value is -1.89. The average Bonchev–Trinajstić information content (AvgIpc) is 2.64. The van der Waals surface area contributed by atoms with Crippen molar-refractivity contribution in [2.45, 2.75) is 63.8 Å². The van der Waals surface area contributed by atoms with Crippen molar-refractivity contribution < 1.29 is 28.5 Å². The van der Waals surface area contributed by atoms with Crippen molar-refractivity contribution in [1.29, 1.82) is 0 Å². The van der Waals surface area contributed by atoms with Gasteiger partial charge in [0.15, 0.2) is 17.5 Å². The standard InChI is InChI=1S/C22H27F3O3/c1-2-3-4-5-6-7-8-18(22(26,27)28)16-11-9-15(10-12-16)17-13-19(23)21(25)20(24)14-17/h9-14,18,26-28H,2-8H2,1H3. The van der Waals surface area contributed by atoms with Gasteiger partial charge in [-0.25, -0.2) is 13.2 Å². The molecule has 2 aromatic carbocycles. The molecule has 0 aliphatic carbocycles. The second kappa shape index (κ2) is 10.0. The largest absolute Gasteiger partial charge is 0.343 e. The first-order chi connectivity index (χ1) is 13.2. The van der Waals surface area contributed by atoms with Gasteiger partial charge in [0.25, 0.3) is 5.97 Å². The fraction of sp³-hybridized carbons (Fsp3) is 0.455. The van der Waals surface area contributed by atoms with Crippen LogP contribution in [0.2, 0.25) is 0 Å². The summed E-state index contributed by atoms with van der Waals surface area (Å²) < 4.78 is 40.0. The molecule has 28 heavy (non-hydrogen) atoms. The highest BCUT2D eigenvalue weighted by molar-refractivity contribution is 5.64. The number of aliphatic hydroxyl groups is 3. The van der Waals surface area contributed by atoms with Crippen molar-refractivity contribution in [2.75, 3.05) is 0 Å². The zero-order chi connectivity index (χ0) is 20.7. The Labute approximate surface area is 163 Å². The van der Waals surface area contributed by atoms with Gasteiger partial charge in [0.2, 0.25) is 0 Å². The van der Waals surface area contributed by atoms with Crippen LogP contribution in [0.3, 0.4) is 0 Å². The third-order valence-electron chi connectivity index (χ3n) is 4.94. The molecule has 6 heteroatoms. The molecule has 0 radical (unpaired) electrons. The van der Waals surface area contributed by atoms with E-state index in [1.54, 1.807) is 24.3 Å². The van der Waals surface area contributed by atoms with Crippen LogP contribution in [0.15, 0.2) is 36.4 Å². The molecule has 2 rings (SSSR count). The molecular formula is C22H27F3O3. The third kappa shape index (κ3) is 6.06. The molecule has 0 bridgehead atoms. The van der Waals surface area contributed by atoms with E-state index in [2.05, 4.69) is 6.92 Å². The van der Waals surface area contributed by atoms with Crippen molar-refractivity contribution in [2.24, 2.45) is 0 Å². The lowest BCUT2D eigenvalue weighted by Crippen LogP contribution is -2.35. The van der Waals surface area contributed by atoms with Crippen LogP contribution in [0.25, 0.3) is 11.1 Å². The molecule has 3 N–H and O–H groups in total. The summed E-state index contributed by atoms with van der Waals surface area (Å²) in [5, 5.41) is 29.2. The van der Waals surface area contributed by atoms with E-state index in [0.29, 0.717) is 17.5 Å². The van der Waals surface area contributed by atoms with Gasteiger partial charge in [-0.2, -0.15) is 0 Å². The Morgan fingerprint density at radius 3 is 1.86 bits per heavy atom. The monoisotopic (exact) mass is 396 g/mol. The molecule has 0 saturated heterocycles. The van der Waals surface area contributed by atoms with Gasteiger partial charge >= 0.3 is 0 Å². The minimum Gasteiger partial charge on any atom is -0.343 e. The van der Waals surface area contributed by atoms with E-state index in [1.807, 2.05) is 0 Å². The van der Waals surface area contributed by atoms with Crippen LogP contribution in [0.5, 0.6) is 0 Å². The first-order valence-electron chi connectivity index (χ1n) is 9.66. The topological polar surface area (TPSA) is 60.7 Å². The predicted octanol–water partition coefficient (Wildman–Crippen LogP) is 5.24. The molecule has 2 aromatic rings. The second-order valence-corrected chi connectivity index (χ2v) is 7.17. The van der Waals surface area contributed by atoms with Gasteiger partial charge in [-0.1, -0.05) is 69.7 Å². The van der Waals surface area contributed by atoms with E-state index in [9.17, 15) is 28.5 Å². The van der Waals surface area contributed by atoms with Gasteiger partial charge in [-0.15, -0.1) is 0 Å². The van der Waals surface area contributed by atoms with Crippen LogP contribution in [-0.2, 0) is 0 Å². The fourth-order valence-electron chi connectivity index (χ4n) is 3.34. The fourth-order valence-corrected chi connectivity index (χ4v) is 3.34. The summed E-state index contributed by atoms with van der Waals surface area (Å²) in [6.07, 6.45) is 6.53. The van der Waals surface area contributed by atoms with Crippen molar-refractivity contribution in [1.82, 2.24) is 0 Å². The van der Waals surface area contributed by atoms with Crippen LogP contribution in [0.4, 0.5) is 13.2 Å². The van der Waals surface area contributed by atoms with Crippen LogP contribution >= 0.6 is 0 Å². The Morgan fingerprint density at radius 1 is 0.786 bits per heavy atom. The molecule has 154 valence electrons. The number of hydrogen-bond donors (Lipinski definition) is 3. The maximum absolute atomic E-state index is 13.4. The quantitative estimate of drug-likeness (QED) is 0.293. The van der Waals surface area contributed by atoms with Gasteiger partial charge in [0.1, 0.15) is 0 Å². The molecule has 0 heterocycles. The zero-order valence-electron chi connectivity index (χ0n) is 16.0. The molecule has 0 saturated carbocycles. The molecule has 0 amide bonds. The molecule has 0 fully saturated rings. The van der Waals surface area contributed by atoms with Crippen LogP contribution < -0.4 is 0 Å². The Morgan fingerprint density at radius 2 is 1.32 bits per heavy atom. The first-order valence-corrected chi connectivity index (χ1v) is 9.66. The Balaban J connectivity index is 2.11. The lowest BCUT2D eigenvalue weighted by atomic mass is 9.89. The predicted molar refractivity (Wildman–Crippen MR) is 102 cm³/mol. The molecule has 0 aliphatic heterocycles. The minimum absolute atomic E-state index is 0.165. The maximum atomic E-state index is 13.4. The van der Waals surface area contributed by atoms with Gasteiger partial charge in [0.05, 0.1) is 5.92 Å². The SMILES string of the molecule is CCCCCCCCC(c1ccc(-c2cc(F)c(F)c(F)c2)cc1)C(O)(O)O. The smallest absolute Gasteiger partial charge is 0.282 e. The Bertz CT molecular complexity index is 732. The molecule has 0 aromatic heterocycles. The molecule has 0 aliphatic rings. The van der Waals surface area contributed by atoms with Crippen molar-refractivity contribution in [3.63, 3.8) is 0 Å². The van der Waals surface area contributed by atoms with Crippen molar-refractivity contribution in [3.8, 4) is 11.1 Å². The third-order valence-corrected chi connectivity index (χ3v) is 4.94. The highest BCUT2D eigenvalue weighted by atomic mass is 19.2. The number of halogens is 3. The highest BCUT2D eigenvalue weighted by Crippen LogP contribution is 2.32. The average molecular weight is 396 g/mol. The van der Waals surface area contributed by atoms with Gasteiger partial charge in [0, 0.05) is 0 Å². The number of hydrogen-bond acceptors (Lipinski definition) is 3. The summed E-state index contributed by atoms with van der Waals surface area (Å²) in [5.41, 5.74) is 1.10. The molecular weight excluding hydrogens is 369 g/mol. The minimum atomic E-state index is -2.86. The zero-order valence-corrected chi connectivity index (χ0v) is 16.0. The van der Waals surface area contributed by atoms with Crippen molar-refractivity contribution in [3.05, 3.63) is 59.4 Å². The molecule has 1 unspecified atom stereocenters. The number of rotatable bonds is 10. The van der Waals surface area contributed by atoms with Crippen LogP contribution in [-0.4, -0.2) is 21.3 Å². The van der Waals surface area contributed by atoms with E-state index in [4.69, 9.17) is 0 Å².